The van der Waals surface area contributed by atoms with Crippen molar-refractivity contribution in [2.75, 3.05) is 4.72 Å². The summed E-state index contributed by atoms with van der Waals surface area (Å²) in [7, 11) is -3.69. The van der Waals surface area contributed by atoms with Crippen LogP contribution in [0.1, 0.15) is 30.6 Å². The summed E-state index contributed by atoms with van der Waals surface area (Å²) in [5, 5.41) is 4.11. The number of aromatic nitrogens is 1. The average Bonchev–Trinajstić information content (AvgIpc) is 2.75. The minimum absolute atomic E-state index is 0.109. The molecule has 9 heteroatoms. The molecule has 0 fully saturated rings. The lowest BCUT2D eigenvalue weighted by Gasteiger charge is -2.11. The quantitative estimate of drug-likeness (QED) is 0.466. The van der Waals surface area contributed by atoms with Gasteiger partial charge in [0.2, 0.25) is 0 Å². The third kappa shape index (κ3) is 6.46. The molecule has 0 saturated carbocycles. The molecule has 0 spiro atoms. The largest absolute Gasteiger partial charge is 0.350 e. The van der Waals surface area contributed by atoms with E-state index in [0.29, 0.717) is 16.3 Å². The monoisotopic (exact) mass is 475 g/mol. The van der Waals surface area contributed by atoms with Gasteiger partial charge in [-0.2, -0.15) is 0 Å². The van der Waals surface area contributed by atoms with Crippen LogP contribution in [0.15, 0.2) is 81.7 Å². The molecule has 0 radical (unpaired) electrons. The number of sulfonamides is 1. The number of carbonyl (C=O) groups excluding carboxylic acids is 1. The minimum atomic E-state index is -3.69. The highest BCUT2D eigenvalue weighted by Crippen LogP contribution is 2.28. The van der Waals surface area contributed by atoms with Crippen LogP contribution in [-0.2, 0) is 10.0 Å². The summed E-state index contributed by atoms with van der Waals surface area (Å²) in [5.74, 6) is -0.143. The van der Waals surface area contributed by atoms with Gasteiger partial charge >= 0.3 is 0 Å². The van der Waals surface area contributed by atoms with Crippen LogP contribution in [0.25, 0.3) is 0 Å². The maximum Gasteiger partial charge on any atom is 0.261 e. The van der Waals surface area contributed by atoms with E-state index < -0.39 is 10.0 Å². The SMILES string of the molecule is CCC(C)NC(=O)c1ccc(Sc2ccc(NS(=O)(=O)c3ccc(Cl)cc3)cc2)nc1. The highest BCUT2D eigenvalue weighted by molar-refractivity contribution is 7.99. The summed E-state index contributed by atoms with van der Waals surface area (Å²) in [5.41, 5.74) is 0.959. The molecule has 1 amide bonds. The molecule has 0 bridgehead atoms. The number of halogens is 1. The van der Waals surface area contributed by atoms with Gasteiger partial charge in [0.15, 0.2) is 0 Å². The van der Waals surface area contributed by atoms with Crippen LogP contribution in [0.4, 0.5) is 5.69 Å². The van der Waals surface area contributed by atoms with Gasteiger partial charge in [0, 0.05) is 27.8 Å². The van der Waals surface area contributed by atoms with Crippen molar-refractivity contribution < 1.29 is 13.2 Å². The summed E-state index contributed by atoms with van der Waals surface area (Å²) in [6.07, 6.45) is 2.41. The van der Waals surface area contributed by atoms with Crippen molar-refractivity contribution in [3.05, 3.63) is 77.4 Å². The summed E-state index contributed by atoms with van der Waals surface area (Å²) < 4.78 is 27.5. The van der Waals surface area contributed by atoms with E-state index >= 15 is 0 Å². The van der Waals surface area contributed by atoms with Crippen molar-refractivity contribution in [3.63, 3.8) is 0 Å². The first-order chi connectivity index (χ1) is 14.8. The Balaban J connectivity index is 1.63. The Hall–Kier alpha value is -2.55. The first-order valence-electron chi connectivity index (χ1n) is 9.60. The number of benzene rings is 2. The third-order valence-electron chi connectivity index (χ3n) is 4.44. The van der Waals surface area contributed by atoms with Crippen molar-refractivity contribution in [3.8, 4) is 0 Å². The molecule has 0 aliphatic rings. The molecule has 6 nitrogen and oxygen atoms in total. The molecule has 3 rings (SSSR count). The van der Waals surface area contributed by atoms with Crippen molar-refractivity contribution in [2.24, 2.45) is 0 Å². The summed E-state index contributed by atoms with van der Waals surface area (Å²) in [6.45, 7) is 3.96. The van der Waals surface area contributed by atoms with Crippen molar-refractivity contribution in [1.29, 1.82) is 0 Å². The topological polar surface area (TPSA) is 88.2 Å². The second-order valence-corrected chi connectivity index (χ2v) is 10.1. The average molecular weight is 476 g/mol. The Morgan fingerprint density at radius 3 is 2.32 bits per heavy atom. The third-order valence-corrected chi connectivity index (χ3v) is 7.05. The molecule has 1 unspecified atom stereocenters. The Bertz CT molecular complexity index is 1130. The predicted octanol–water partition coefficient (Wildman–Crippen LogP) is 5.22. The van der Waals surface area contributed by atoms with Crippen molar-refractivity contribution in [2.45, 2.75) is 41.1 Å². The fourth-order valence-electron chi connectivity index (χ4n) is 2.52. The van der Waals surface area contributed by atoms with E-state index in [1.54, 1.807) is 42.6 Å². The van der Waals surface area contributed by atoms with Gasteiger partial charge < -0.3 is 5.32 Å². The van der Waals surface area contributed by atoms with E-state index in [1.165, 1.54) is 36.0 Å². The zero-order valence-electron chi connectivity index (χ0n) is 17.0. The first-order valence-corrected chi connectivity index (χ1v) is 12.3. The van der Waals surface area contributed by atoms with E-state index in [-0.39, 0.29) is 16.8 Å². The Morgan fingerprint density at radius 2 is 1.74 bits per heavy atom. The number of rotatable bonds is 8. The Morgan fingerprint density at radius 1 is 1.06 bits per heavy atom. The zero-order chi connectivity index (χ0) is 22.4. The fourth-order valence-corrected chi connectivity index (χ4v) is 4.46. The van der Waals surface area contributed by atoms with E-state index in [2.05, 4.69) is 15.0 Å². The number of amides is 1. The van der Waals surface area contributed by atoms with Gasteiger partial charge in [-0.25, -0.2) is 13.4 Å². The number of nitrogens with one attached hydrogen (secondary N) is 2. The highest BCUT2D eigenvalue weighted by atomic mass is 35.5. The molecule has 1 heterocycles. The first kappa shape index (κ1) is 23.1. The molecule has 2 aromatic carbocycles. The van der Waals surface area contributed by atoms with E-state index in [4.69, 9.17) is 11.6 Å². The number of nitrogens with zero attached hydrogens (tertiary/aromatic N) is 1. The van der Waals surface area contributed by atoms with Gasteiger partial charge in [-0.15, -0.1) is 0 Å². The second-order valence-electron chi connectivity index (χ2n) is 6.85. The lowest BCUT2D eigenvalue weighted by molar-refractivity contribution is 0.0939. The van der Waals surface area contributed by atoms with Crippen LogP contribution in [0, 0.1) is 0 Å². The maximum atomic E-state index is 12.5. The Kier molecular flexibility index (Phi) is 7.59. The molecule has 0 aliphatic heterocycles. The van der Waals surface area contributed by atoms with Crippen LogP contribution in [0.3, 0.4) is 0 Å². The Labute approximate surface area is 191 Å². The van der Waals surface area contributed by atoms with Gasteiger partial charge in [-0.05, 0) is 74.0 Å². The van der Waals surface area contributed by atoms with Crippen LogP contribution >= 0.6 is 23.4 Å². The van der Waals surface area contributed by atoms with Gasteiger partial charge in [-0.1, -0.05) is 30.3 Å². The van der Waals surface area contributed by atoms with E-state index in [9.17, 15) is 13.2 Å². The van der Waals surface area contributed by atoms with E-state index in [1.807, 2.05) is 13.8 Å². The maximum absolute atomic E-state index is 12.5. The molecular weight excluding hydrogens is 454 g/mol. The van der Waals surface area contributed by atoms with Gasteiger partial charge in [0.1, 0.15) is 5.03 Å². The predicted molar refractivity (Wildman–Crippen MR) is 124 cm³/mol. The lowest BCUT2D eigenvalue weighted by atomic mass is 10.2. The standard InChI is InChI=1S/C22H22ClN3O3S2/c1-3-15(2)25-22(27)16-4-13-21(24-14-16)30-19-9-7-18(8-10-19)26-31(28,29)20-11-5-17(23)6-12-20/h4-15,26H,3H2,1-2H3,(H,25,27). The fraction of sp³-hybridized carbons (Fsp3) is 0.182. The van der Waals surface area contributed by atoms with Crippen molar-refractivity contribution >= 4 is 45.0 Å². The molecule has 1 aromatic heterocycles. The molecule has 0 saturated heterocycles. The molecular formula is C22H22ClN3O3S2. The number of hydrogen-bond acceptors (Lipinski definition) is 5. The summed E-state index contributed by atoms with van der Waals surface area (Å²) >= 11 is 7.23. The van der Waals surface area contributed by atoms with Gasteiger partial charge in [0.25, 0.3) is 15.9 Å². The van der Waals surface area contributed by atoms with Crippen LogP contribution in [-0.4, -0.2) is 25.4 Å². The highest BCUT2D eigenvalue weighted by Gasteiger charge is 2.14. The molecule has 1 atom stereocenters. The molecule has 3 aromatic rings. The van der Waals surface area contributed by atoms with Crippen molar-refractivity contribution in [1.82, 2.24) is 10.3 Å². The smallest absolute Gasteiger partial charge is 0.261 e. The van der Waals surface area contributed by atoms with Crippen LogP contribution in [0.5, 0.6) is 0 Å². The number of hydrogen-bond donors (Lipinski definition) is 2. The lowest BCUT2D eigenvalue weighted by Crippen LogP contribution is -2.31. The second kappa shape index (κ2) is 10.2. The normalized spacial score (nSPS) is 12.2. The number of carbonyl (C=O) groups is 1. The summed E-state index contributed by atoms with van der Waals surface area (Å²) in [6, 6.07) is 16.6. The summed E-state index contributed by atoms with van der Waals surface area (Å²) in [4.78, 5) is 17.5. The minimum Gasteiger partial charge on any atom is -0.350 e. The number of anilines is 1. The van der Waals surface area contributed by atoms with Crippen LogP contribution in [0.2, 0.25) is 5.02 Å². The van der Waals surface area contributed by atoms with E-state index in [0.717, 1.165) is 16.3 Å². The molecule has 2 N–H and O–H groups in total. The van der Waals surface area contributed by atoms with Gasteiger partial charge in [-0.3, -0.25) is 9.52 Å². The zero-order valence-corrected chi connectivity index (χ0v) is 19.4. The molecule has 162 valence electrons. The number of pyridine rings is 1. The molecule has 0 aliphatic carbocycles. The van der Waals surface area contributed by atoms with Crippen LogP contribution < -0.4 is 10.0 Å². The van der Waals surface area contributed by atoms with Gasteiger partial charge in [0.05, 0.1) is 10.5 Å². The molecule has 31 heavy (non-hydrogen) atoms.